The first-order chi connectivity index (χ1) is 8.66. The van der Waals surface area contributed by atoms with Gasteiger partial charge in [-0.3, -0.25) is 0 Å². The number of ether oxygens (including phenoxy) is 1. The molecule has 2 N–H and O–H groups in total. The van der Waals surface area contributed by atoms with Gasteiger partial charge in [0.25, 0.3) is 0 Å². The Bertz CT molecular complexity index is 517. The van der Waals surface area contributed by atoms with Crippen molar-refractivity contribution in [3.63, 3.8) is 0 Å². The zero-order valence-electron chi connectivity index (χ0n) is 10.0. The molecule has 0 aliphatic rings. The van der Waals surface area contributed by atoms with Crippen LogP contribution < -0.4 is 10.5 Å². The third kappa shape index (κ3) is 3.01. The predicted molar refractivity (Wildman–Crippen MR) is 65.4 cm³/mol. The van der Waals surface area contributed by atoms with Gasteiger partial charge in [0.15, 0.2) is 5.82 Å². The second-order valence-corrected chi connectivity index (χ2v) is 3.92. The van der Waals surface area contributed by atoms with Gasteiger partial charge >= 0.3 is 0 Å². The van der Waals surface area contributed by atoms with E-state index in [0.29, 0.717) is 17.1 Å². The van der Waals surface area contributed by atoms with Crippen LogP contribution in [0.1, 0.15) is 24.4 Å². The van der Waals surface area contributed by atoms with Crippen LogP contribution in [0.15, 0.2) is 36.7 Å². The van der Waals surface area contributed by atoms with Gasteiger partial charge in [0.1, 0.15) is 18.2 Å². The highest BCUT2D eigenvalue weighted by Gasteiger charge is 2.10. The van der Waals surface area contributed by atoms with Gasteiger partial charge in [-0.2, -0.15) is 0 Å². The Hall–Kier alpha value is -2.01. The van der Waals surface area contributed by atoms with Gasteiger partial charge in [-0.15, -0.1) is 0 Å². The Labute approximate surface area is 105 Å². The molecule has 5 heteroatoms. The molecule has 18 heavy (non-hydrogen) atoms. The molecule has 0 bridgehead atoms. The largest absolute Gasteiger partial charge is 0.485 e. The lowest BCUT2D eigenvalue weighted by atomic mass is 10.1. The summed E-state index contributed by atoms with van der Waals surface area (Å²) in [5, 5.41) is 0. The summed E-state index contributed by atoms with van der Waals surface area (Å²) in [5.74, 6) is 0.793. The molecule has 0 radical (unpaired) electrons. The fraction of sp³-hybridized carbons (Fsp3) is 0.231. The normalized spacial score (nSPS) is 12.2. The van der Waals surface area contributed by atoms with Crippen LogP contribution in [0, 0.1) is 5.82 Å². The minimum absolute atomic E-state index is 0.228. The third-order valence-electron chi connectivity index (χ3n) is 2.44. The van der Waals surface area contributed by atoms with Crippen LogP contribution >= 0.6 is 0 Å². The molecule has 1 aromatic heterocycles. The van der Waals surface area contributed by atoms with Crippen molar-refractivity contribution >= 4 is 0 Å². The number of benzene rings is 1. The summed E-state index contributed by atoms with van der Waals surface area (Å²) in [5.41, 5.74) is 6.40. The second-order valence-electron chi connectivity index (χ2n) is 3.92. The quantitative estimate of drug-likeness (QED) is 0.899. The molecule has 1 atom stereocenters. The first-order valence-electron chi connectivity index (χ1n) is 5.60. The molecule has 0 aliphatic heterocycles. The molecule has 0 spiro atoms. The fourth-order valence-corrected chi connectivity index (χ4v) is 1.55. The van der Waals surface area contributed by atoms with E-state index in [1.807, 2.05) is 0 Å². The highest BCUT2D eigenvalue weighted by molar-refractivity contribution is 5.36. The molecule has 94 valence electrons. The number of nitrogens with two attached hydrogens (primary N) is 1. The van der Waals surface area contributed by atoms with Crippen molar-refractivity contribution in [1.29, 1.82) is 0 Å². The van der Waals surface area contributed by atoms with Crippen LogP contribution in [0.5, 0.6) is 5.75 Å². The zero-order chi connectivity index (χ0) is 13.0. The van der Waals surface area contributed by atoms with Crippen molar-refractivity contribution in [3.05, 3.63) is 53.9 Å². The summed E-state index contributed by atoms with van der Waals surface area (Å²) in [6.45, 7) is 2.01. The standard InChI is InChI=1S/C13H14FN3O/c1-9(15)11-7-10(14)3-4-12(11)18-8-13-16-5-2-6-17-13/h2-7,9H,8,15H2,1H3. The van der Waals surface area contributed by atoms with Crippen LogP contribution in [-0.2, 0) is 6.61 Å². The van der Waals surface area contributed by atoms with Crippen LogP contribution in [0.3, 0.4) is 0 Å². The molecule has 2 rings (SSSR count). The number of rotatable bonds is 4. The zero-order valence-corrected chi connectivity index (χ0v) is 10.0. The van der Waals surface area contributed by atoms with E-state index in [0.717, 1.165) is 0 Å². The van der Waals surface area contributed by atoms with Gasteiger partial charge in [0.2, 0.25) is 0 Å². The van der Waals surface area contributed by atoms with Gasteiger partial charge in [0, 0.05) is 24.0 Å². The monoisotopic (exact) mass is 247 g/mol. The lowest BCUT2D eigenvalue weighted by Crippen LogP contribution is -2.09. The van der Waals surface area contributed by atoms with E-state index < -0.39 is 0 Å². The molecule has 4 nitrogen and oxygen atoms in total. The molecular weight excluding hydrogens is 233 g/mol. The summed E-state index contributed by atoms with van der Waals surface area (Å²) in [7, 11) is 0. The van der Waals surface area contributed by atoms with E-state index in [-0.39, 0.29) is 18.5 Å². The van der Waals surface area contributed by atoms with Crippen LogP contribution in [0.4, 0.5) is 4.39 Å². The number of aromatic nitrogens is 2. The topological polar surface area (TPSA) is 61.0 Å². The van der Waals surface area contributed by atoms with E-state index in [1.165, 1.54) is 12.1 Å². The van der Waals surface area contributed by atoms with E-state index in [1.54, 1.807) is 31.5 Å². The van der Waals surface area contributed by atoms with Gasteiger partial charge in [-0.25, -0.2) is 14.4 Å². The molecule has 0 saturated heterocycles. The number of hydrogen-bond acceptors (Lipinski definition) is 4. The maximum atomic E-state index is 13.1. The van der Waals surface area contributed by atoms with E-state index >= 15 is 0 Å². The van der Waals surface area contributed by atoms with Crippen molar-refractivity contribution in [3.8, 4) is 5.75 Å². The lowest BCUT2D eigenvalue weighted by molar-refractivity contribution is 0.291. The first-order valence-corrected chi connectivity index (χ1v) is 5.60. The second kappa shape index (κ2) is 5.55. The Balaban J connectivity index is 2.14. The molecule has 0 saturated carbocycles. The Morgan fingerprint density at radius 2 is 2.06 bits per heavy atom. The smallest absolute Gasteiger partial charge is 0.166 e. The Kier molecular flexibility index (Phi) is 3.84. The molecule has 1 aromatic carbocycles. The number of halogens is 1. The molecule has 1 heterocycles. The molecule has 0 amide bonds. The van der Waals surface area contributed by atoms with Gasteiger partial charge in [-0.1, -0.05) is 0 Å². The lowest BCUT2D eigenvalue weighted by Gasteiger charge is -2.13. The minimum Gasteiger partial charge on any atom is -0.485 e. The van der Waals surface area contributed by atoms with Crippen LogP contribution in [-0.4, -0.2) is 9.97 Å². The molecule has 1 unspecified atom stereocenters. The Morgan fingerprint density at radius 3 is 2.72 bits per heavy atom. The number of hydrogen-bond donors (Lipinski definition) is 1. The highest BCUT2D eigenvalue weighted by Crippen LogP contribution is 2.25. The van der Waals surface area contributed by atoms with Crippen molar-refractivity contribution in [2.45, 2.75) is 19.6 Å². The van der Waals surface area contributed by atoms with Gasteiger partial charge in [-0.05, 0) is 31.2 Å². The minimum atomic E-state index is -0.328. The average Bonchev–Trinajstić information content (AvgIpc) is 2.38. The molecule has 0 fully saturated rings. The summed E-state index contributed by atoms with van der Waals surface area (Å²) >= 11 is 0. The van der Waals surface area contributed by atoms with Crippen molar-refractivity contribution in [2.24, 2.45) is 5.73 Å². The summed E-state index contributed by atoms with van der Waals surface area (Å²) in [6, 6.07) is 5.72. The maximum absolute atomic E-state index is 13.1. The predicted octanol–water partition coefficient (Wildman–Crippen LogP) is 2.21. The Morgan fingerprint density at radius 1 is 1.33 bits per heavy atom. The highest BCUT2D eigenvalue weighted by atomic mass is 19.1. The van der Waals surface area contributed by atoms with Crippen molar-refractivity contribution in [2.75, 3.05) is 0 Å². The molecular formula is C13H14FN3O. The van der Waals surface area contributed by atoms with Gasteiger partial charge < -0.3 is 10.5 Å². The summed E-state index contributed by atoms with van der Waals surface area (Å²) < 4.78 is 18.7. The average molecular weight is 247 g/mol. The van der Waals surface area contributed by atoms with Crippen LogP contribution in [0.2, 0.25) is 0 Å². The van der Waals surface area contributed by atoms with E-state index in [4.69, 9.17) is 10.5 Å². The summed E-state index contributed by atoms with van der Waals surface area (Å²) in [4.78, 5) is 8.09. The van der Waals surface area contributed by atoms with Gasteiger partial charge in [0.05, 0.1) is 0 Å². The fourth-order valence-electron chi connectivity index (χ4n) is 1.55. The van der Waals surface area contributed by atoms with E-state index in [9.17, 15) is 4.39 Å². The summed E-state index contributed by atoms with van der Waals surface area (Å²) in [6.07, 6.45) is 3.28. The first kappa shape index (κ1) is 12.4. The number of nitrogens with zero attached hydrogens (tertiary/aromatic N) is 2. The van der Waals surface area contributed by atoms with Crippen molar-refractivity contribution in [1.82, 2.24) is 9.97 Å². The molecule has 2 aromatic rings. The van der Waals surface area contributed by atoms with Crippen molar-refractivity contribution < 1.29 is 9.13 Å². The SMILES string of the molecule is CC(N)c1cc(F)ccc1OCc1ncccn1. The van der Waals surface area contributed by atoms with Crippen LogP contribution in [0.25, 0.3) is 0 Å². The van der Waals surface area contributed by atoms with E-state index in [2.05, 4.69) is 9.97 Å². The maximum Gasteiger partial charge on any atom is 0.166 e. The molecule has 0 aliphatic carbocycles. The third-order valence-corrected chi connectivity index (χ3v) is 2.44.